The van der Waals surface area contributed by atoms with Crippen molar-refractivity contribution < 1.29 is 14.6 Å². The van der Waals surface area contributed by atoms with Gasteiger partial charge in [0.05, 0.1) is 6.54 Å². The maximum atomic E-state index is 14.0. The number of hydrogen-bond donors (Lipinski definition) is 5. The number of nitrogens with two attached hydrogens (primary N) is 1. The fraction of sp³-hybridized carbons (Fsp3) is 0.524. The molecule has 0 saturated heterocycles. The number of aliphatic hydroxyl groups is 2. The van der Waals surface area contributed by atoms with E-state index in [9.17, 15) is 9.50 Å². The number of aliphatic hydroxyl groups excluding tert-OH is 2. The van der Waals surface area contributed by atoms with Crippen LogP contribution in [0.1, 0.15) is 36.8 Å². The molecular weight excluding hydrogens is 387 g/mol. The lowest BCUT2D eigenvalue weighted by Crippen LogP contribution is -2.37. The van der Waals surface area contributed by atoms with Gasteiger partial charge in [0.2, 0.25) is 5.95 Å². The molecule has 1 atom stereocenters. The van der Waals surface area contributed by atoms with Gasteiger partial charge < -0.3 is 31.5 Å². The molecule has 2 aromatic rings. The number of nitrogens with zero attached hydrogens (tertiary/aromatic N) is 3. The molecule has 0 amide bonds. The summed E-state index contributed by atoms with van der Waals surface area (Å²) in [7, 11) is 0. The highest BCUT2D eigenvalue weighted by Gasteiger charge is 2.58. The van der Waals surface area contributed by atoms with Crippen molar-refractivity contribution in [2.45, 2.75) is 43.9 Å². The molecule has 1 aromatic heterocycles. The SMILES string of the molecule is NCCNc1ncc(CN2c3cc(F)ccc3C3(CC3)C2O)c(NCCCCO)n1. The molecule has 4 rings (SSSR count). The van der Waals surface area contributed by atoms with E-state index in [0.29, 0.717) is 44.4 Å². The van der Waals surface area contributed by atoms with Gasteiger partial charge in [0.25, 0.3) is 0 Å². The predicted molar refractivity (Wildman–Crippen MR) is 114 cm³/mol. The monoisotopic (exact) mass is 416 g/mol. The largest absolute Gasteiger partial charge is 0.396 e. The van der Waals surface area contributed by atoms with Gasteiger partial charge in [0.15, 0.2) is 0 Å². The maximum absolute atomic E-state index is 14.0. The van der Waals surface area contributed by atoms with Crippen molar-refractivity contribution in [3.63, 3.8) is 0 Å². The van der Waals surface area contributed by atoms with Crippen molar-refractivity contribution >= 4 is 17.5 Å². The summed E-state index contributed by atoms with van der Waals surface area (Å²) in [5.74, 6) is 0.814. The van der Waals surface area contributed by atoms with E-state index in [2.05, 4.69) is 20.6 Å². The Morgan fingerprint density at radius 2 is 2.07 bits per heavy atom. The molecule has 9 heteroatoms. The molecule has 0 radical (unpaired) electrons. The van der Waals surface area contributed by atoms with E-state index in [1.807, 2.05) is 4.90 Å². The number of hydrogen-bond acceptors (Lipinski definition) is 8. The molecule has 1 aliphatic carbocycles. The summed E-state index contributed by atoms with van der Waals surface area (Å²) in [4.78, 5) is 10.8. The first-order valence-electron chi connectivity index (χ1n) is 10.5. The smallest absolute Gasteiger partial charge is 0.224 e. The lowest BCUT2D eigenvalue weighted by molar-refractivity contribution is 0.137. The minimum atomic E-state index is -0.702. The van der Waals surface area contributed by atoms with Crippen molar-refractivity contribution in [1.29, 1.82) is 0 Å². The standard InChI is InChI=1S/C21H29FN6O2/c22-15-3-4-16-17(11-15)28(19(30)21(16)5-6-21)13-14-12-26-20(25-9-7-23)27-18(14)24-8-1-2-10-29/h3-4,11-12,19,29-30H,1-2,5-10,13,23H2,(H2,24,25,26,27). The van der Waals surface area contributed by atoms with Gasteiger partial charge >= 0.3 is 0 Å². The zero-order chi connectivity index (χ0) is 21.1. The Kier molecular flexibility index (Phi) is 6.03. The van der Waals surface area contributed by atoms with Crippen molar-refractivity contribution in [3.8, 4) is 0 Å². The third kappa shape index (κ3) is 3.92. The van der Waals surface area contributed by atoms with E-state index in [0.717, 1.165) is 36.1 Å². The fourth-order valence-corrected chi connectivity index (χ4v) is 4.14. The number of rotatable bonds is 10. The summed E-state index contributed by atoms with van der Waals surface area (Å²) in [6.07, 6.45) is 4.32. The van der Waals surface area contributed by atoms with Crippen molar-refractivity contribution in [2.24, 2.45) is 5.73 Å². The second kappa shape index (κ2) is 8.71. The molecule has 0 bridgehead atoms. The molecule has 30 heavy (non-hydrogen) atoms. The molecule has 8 nitrogen and oxygen atoms in total. The minimum Gasteiger partial charge on any atom is -0.396 e. The number of halogens is 1. The fourth-order valence-electron chi connectivity index (χ4n) is 4.14. The third-order valence-electron chi connectivity index (χ3n) is 5.89. The van der Waals surface area contributed by atoms with E-state index < -0.39 is 6.23 Å². The minimum absolute atomic E-state index is 0.145. The third-order valence-corrected chi connectivity index (χ3v) is 5.89. The first-order valence-corrected chi connectivity index (χ1v) is 10.5. The quantitative estimate of drug-likeness (QED) is 0.370. The molecule has 6 N–H and O–H groups in total. The first-order chi connectivity index (χ1) is 14.6. The van der Waals surface area contributed by atoms with E-state index in [4.69, 9.17) is 10.8 Å². The maximum Gasteiger partial charge on any atom is 0.224 e. The van der Waals surface area contributed by atoms with Gasteiger partial charge in [-0.2, -0.15) is 4.98 Å². The number of benzene rings is 1. The lowest BCUT2D eigenvalue weighted by atomic mass is 9.97. The summed E-state index contributed by atoms with van der Waals surface area (Å²) in [5, 5.41) is 26.4. The van der Waals surface area contributed by atoms with Crippen LogP contribution in [-0.4, -0.2) is 52.7 Å². The molecule has 1 aromatic carbocycles. The van der Waals surface area contributed by atoms with Gasteiger partial charge in [-0.1, -0.05) is 6.07 Å². The van der Waals surface area contributed by atoms with Crippen LogP contribution in [0.4, 0.5) is 21.8 Å². The number of aromatic nitrogens is 2. The number of nitrogens with one attached hydrogen (secondary N) is 2. The lowest BCUT2D eigenvalue weighted by Gasteiger charge is -2.27. The average molecular weight is 417 g/mol. The molecular formula is C21H29FN6O2. The molecule has 2 aliphatic rings. The Labute approximate surface area is 175 Å². The van der Waals surface area contributed by atoms with Crippen LogP contribution in [0.5, 0.6) is 0 Å². The molecule has 1 spiro atoms. The van der Waals surface area contributed by atoms with Crippen LogP contribution in [0.3, 0.4) is 0 Å². The van der Waals surface area contributed by atoms with Gasteiger partial charge in [-0.25, -0.2) is 9.37 Å². The van der Waals surface area contributed by atoms with Gasteiger partial charge in [0.1, 0.15) is 17.9 Å². The van der Waals surface area contributed by atoms with E-state index in [1.165, 1.54) is 12.1 Å². The zero-order valence-electron chi connectivity index (χ0n) is 16.9. The van der Waals surface area contributed by atoms with Crippen LogP contribution in [0.15, 0.2) is 24.4 Å². The van der Waals surface area contributed by atoms with Crippen LogP contribution < -0.4 is 21.3 Å². The number of anilines is 3. The molecule has 1 aliphatic heterocycles. The molecule has 1 saturated carbocycles. The summed E-state index contributed by atoms with van der Waals surface area (Å²) >= 11 is 0. The molecule has 2 heterocycles. The van der Waals surface area contributed by atoms with Crippen molar-refractivity contribution in [1.82, 2.24) is 9.97 Å². The van der Waals surface area contributed by atoms with Gasteiger partial charge in [-0.15, -0.1) is 0 Å². The second-order valence-electron chi connectivity index (χ2n) is 7.96. The summed E-state index contributed by atoms with van der Waals surface area (Å²) in [6, 6.07) is 4.76. The summed E-state index contributed by atoms with van der Waals surface area (Å²) in [5.41, 5.74) is 7.81. The molecule has 162 valence electrons. The molecule has 1 unspecified atom stereocenters. The van der Waals surface area contributed by atoms with Crippen LogP contribution in [0.25, 0.3) is 0 Å². The van der Waals surface area contributed by atoms with Gasteiger partial charge in [-0.3, -0.25) is 0 Å². The Morgan fingerprint density at radius 3 is 2.80 bits per heavy atom. The average Bonchev–Trinajstić information content (AvgIpc) is 3.52. The number of fused-ring (bicyclic) bond motifs is 2. The number of unbranched alkanes of at least 4 members (excludes halogenated alkanes) is 1. The van der Waals surface area contributed by atoms with Crippen molar-refractivity contribution in [3.05, 3.63) is 41.3 Å². The van der Waals surface area contributed by atoms with E-state index >= 15 is 0 Å². The Hall–Kier alpha value is -2.49. The summed E-state index contributed by atoms with van der Waals surface area (Å²) in [6.45, 7) is 2.18. The zero-order valence-corrected chi connectivity index (χ0v) is 16.9. The van der Waals surface area contributed by atoms with Crippen LogP contribution in [0, 0.1) is 5.82 Å². The first kappa shape index (κ1) is 20.8. The molecule has 1 fully saturated rings. The Balaban J connectivity index is 1.59. The highest BCUT2D eigenvalue weighted by atomic mass is 19.1. The van der Waals surface area contributed by atoms with Crippen LogP contribution in [0.2, 0.25) is 0 Å². The summed E-state index contributed by atoms with van der Waals surface area (Å²) < 4.78 is 14.0. The highest BCUT2D eigenvalue weighted by Crippen LogP contribution is 2.59. The van der Waals surface area contributed by atoms with Crippen LogP contribution >= 0.6 is 0 Å². The predicted octanol–water partition coefficient (Wildman–Crippen LogP) is 1.54. The van der Waals surface area contributed by atoms with Crippen LogP contribution in [-0.2, 0) is 12.0 Å². The van der Waals surface area contributed by atoms with Crippen molar-refractivity contribution in [2.75, 3.05) is 41.8 Å². The Bertz CT molecular complexity index is 892. The van der Waals surface area contributed by atoms with E-state index in [-0.39, 0.29) is 17.8 Å². The topological polar surface area (TPSA) is 120 Å². The Morgan fingerprint density at radius 1 is 1.23 bits per heavy atom. The van der Waals surface area contributed by atoms with Gasteiger partial charge in [-0.05, 0) is 43.4 Å². The highest BCUT2D eigenvalue weighted by molar-refractivity contribution is 5.67. The van der Waals surface area contributed by atoms with E-state index in [1.54, 1.807) is 12.3 Å². The normalized spacial score (nSPS) is 18.5. The second-order valence-corrected chi connectivity index (χ2v) is 7.96. The van der Waals surface area contributed by atoms with Gasteiger partial charge in [0, 0.05) is 49.1 Å².